The summed E-state index contributed by atoms with van der Waals surface area (Å²) in [6.07, 6.45) is 16.5. The third-order valence-electron chi connectivity index (χ3n) is 12.0. The zero-order valence-corrected chi connectivity index (χ0v) is 29.6. The van der Waals surface area contributed by atoms with Gasteiger partial charge in [0.1, 0.15) is 0 Å². The molecule has 0 radical (unpaired) electrons. The standard InChI is InChI=1S/C51H38N2/c1-33-27-29-42-49-41(50-39-21-9-8-17-35(39)31-43(33)51(42)50)23-14-26-48(49)52(36-18-6-3-7-19-36)37-28-30-47-44(32-37)40-22-11-13-25-46(40)53(47)45-24-12-10-20-38(45)34-15-4-2-5-16-34/h2-33,40,43,46H,1H3. The lowest BCUT2D eigenvalue weighted by molar-refractivity contribution is 0.615. The SMILES string of the molecule is CC1C=CC2=C3C(=c4ccccc4=CC31)c1cccc(N(c3ccccc3)c3ccc4c(c3)C3C=CC=CC3N4c3ccccc3-c3ccccc3)c12. The number of fused-ring (bicyclic) bond motifs is 7. The maximum atomic E-state index is 2.56. The molecule has 53 heavy (non-hydrogen) atoms. The highest BCUT2D eigenvalue weighted by Crippen LogP contribution is 2.55. The van der Waals surface area contributed by atoms with E-state index in [1.165, 1.54) is 77.7 Å². The van der Waals surface area contributed by atoms with Gasteiger partial charge in [0.25, 0.3) is 0 Å². The molecule has 2 nitrogen and oxygen atoms in total. The normalized spacial score (nSPS) is 21.1. The van der Waals surface area contributed by atoms with E-state index in [1.54, 1.807) is 0 Å². The van der Waals surface area contributed by atoms with Gasteiger partial charge in [0, 0.05) is 45.7 Å². The first kappa shape index (κ1) is 30.3. The van der Waals surface area contributed by atoms with Crippen LogP contribution < -0.4 is 20.2 Å². The summed E-state index contributed by atoms with van der Waals surface area (Å²) in [5, 5.41) is 2.69. The van der Waals surface area contributed by atoms with Crippen LogP contribution in [0.1, 0.15) is 29.5 Å². The van der Waals surface area contributed by atoms with Gasteiger partial charge in [0.15, 0.2) is 0 Å². The van der Waals surface area contributed by atoms with E-state index in [4.69, 9.17) is 0 Å². The summed E-state index contributed by atoms with van der Waals surface area (Å²) >= 11 is 0. The smallest absolute Gasteiger partial charge is 0.0629 e. The molecule has 6 aromatic rings. The first-order valence-corrected chi connectivity index (χ1v) is 18.9. The Balaban J connectivity index is 1.12. The number of hydrogen-bond acceptors (Lipinski definition) is 2. The molecular formula is C51H38N2. The summed E-state index contributed by atoms with van der Waals surface area (Å²) in [7, 11) is 0. The molecule has 0 saturated heterocycles. The van der Waals surface area contributed by atoms with Gasteiger partial charge in [0.2, 0.25) is 0 Å². The lowest BCUT2D eigenvalue weighted by Crippen LogP contribution is -2.34. The summed E-state index contributed by atoms with van der Waals surface area (Å²) in [5.41, 5.74) is 16.8. The summed E-state index contributed by atoms with van der Waals surface area (Å²) in [5.74, 6) is 1.03. The fourth-order valence-electron chi connectivity index (χ4n) is 9.67. The van der Waals surface area contributed by atoms with Crippen molar-refractivity contribution in [2.45, 2.75) is 18.9 Å². The van der Waals surface area contributed by atoms with Crippen molar-refractivity contribution in [1.82, 2.24) is 0 Å². The highest BCUT2D eigenvalue weighted by molar-refractivity contribution is 6.09. The Morgan fingerprint density at radius 2 is 1.34 bits per heavy atom. The number of rotatable bonds is 5. The van der Waals surface area contributed by atoms with Crippen LogP contribution in [0.5, 0.6) is 0 Å². The van der Waals surface area contributed by atoms with Crippen LogP contribution in [0.3, 0.4) is 0 Å². The first-order valence-electron chi connectivity index (χ1n) is 18.9. The molecule has 252 valence electrons. The average Bonchev–Trinajstić information content (AvgIpc) is 3.74. The van der Waals surface area contributed by atoms with Crippen molar-refractivity contribution < 1.29 is 0 Å². The Morgan fingerprint density at radius 3 is 2.23 bits per heavy atom. The summed E-state index contributed by atoms with van der Waals surface area (Å²) < 4.78 is 0. The molecule has 4 aliphatic carbocycles. The van der Waals surface area contributed by atoms with Crippen molar-refractivity contribution >= 4 is 45.7 Å². The van der Waals surface area contributed by atoms with Gasteiger partial charge in [-0.05, 0) is 92.2 Å². The van der Waals surface area contributed by atoms with Gasteiger partial charge in [-0.25, -0.2) is 0 Å². The van der Waals surface area contributed by atoms with E-state index >= 15 is 0 Å². The monoisotopic (exact) mass is 678 g/mol. The summed E-state index contributed by atoms with van der Waals surface area (Å²) in [6.45, 7) is 2.36. The summed E-state index contributed by atoms with van der Waals surface area (Å²) in [6, 6.07) is 53.8. The molecule has 5 aliphatic rings. The number of anilines is 5. The van der Waals surface area contributed by atoms with Crippen molar-refractivity contribution in [3.8, 4) is 11.1 Å². The van der Waals surface area contributed by atoms with Crippen LogP contribution in [-0.2, 0) is 0 Å². The fraction of sp³-hybridized carbons (Fsp3) is 0.0980. The minimum Gasteiger partial charge on any atom is -0.333 e. The molecule has 0 amide bonds. The van der Waals surface area contributed by atoms with Gasteiger partial charge >= 0.3 is 0 Å². The topological polar surface area (TPSA) is 6.48 Å². The average molecular weight is 679 g/mol. The molecular weight excluding hydrogens is 641 g/mol. The van der Waals surface area contributed by atoms with Gasteiger partial charge in [-0.2, -0.15) is 0 Å². The Bertz CT molecular complexity index is 2710. The van der Waals surface area contributed by atoms with E-state index in [0.29, 0.717) is 11.8 Å². The fourth-order valence-corrected chi connectivity index (χ4v) is 9.67. The van der Waals surface area contributed by atoms with Gasteiger partial charge < -0.3 is 9.80 Å². The molecule has 11 rings (SSSR count). The van der Waals surface area contributed by atoms with Crippen LogP contribution in [0.15, 0.2) is 188 Å². The Morgan fingerprint density at radius 1 is 0.585 bits per heavy atom. The van der Waals surface area contributed by atoms with Crippen molar-refractivity contribution in [3.63, 3.8) is 0 Å². The second-order valence-electron chi connectivity index (χ2n) is 14.9. The van der Waals surface area contributed by atoms with E-state index in [9.17, 15) is 0 Å². The molecule has 0 fully saturated rings. The second-order valence-corrected chi connectivity index (χ2v) is 14.9. The van der Waals surface area contributed by atoms with E-state index in [0.717, 1.165) is 5.69 Å². The van der Waals surface area contributed by atoms with Crippen LogP contribution in [0, 0.1) is 11.8 Å². The predicted molar refractivity (Wildman–Crippen MR) is 221 cm³/mol. The molecule has 0 saturated carbocycles. The molecule has 0 aromatic heterocycles. The number of hydrogen-bond donors (Lipinski definition) is 0. The van der Waals surface area contributed by atoms with Crippen molar-refractivity contribution in [2.75, 3.05) is 9.80 Å². The van der Waals surface area contributed by atoms with Crippen molar-refractivity contribution in [2.24, 2.45) is 11.8 Å². The molecule has 1 heterocycles. The minimum atomic E-state index is 0.190. The van der Waals surface area contributed by atoms with Gasteiger partial charge in [-0.15, -0.1) is 0 Å². The molecule has 4 atom stereocenters. The molecule has 0 N–H and O–H groups in total. The van der Waals surface area contributed by atoms with Crippen LogP contribution >= 0.6 is 0 Å². The number of allylic oxidation sites excluding steroid dienone is 6. The number of benzene rings is 6. The largest absolute Gasteiger partial charge is 0.333 e. The van der Waals surface area contributed by atoms with Gasteiger partial charge in [0.05, 0.1) is 11.7 Å². The predicted octanol–water partition coefficient (Wildman–Crippen LogP) is 11.1. The quantitative estimate of drug-likeness (QED) is 0.179. The Hall–Kier alpha value is -6.38. The molecule has 6 aromatic carbocycles. The van der Waals surface area contributed by atoms with E-state index in [2.05, 4.69) is 205 Å². The highest BCUT2D eigenvalue weighted by atomic mass is 15.2. The van der Waals surface area contributed by atoms with Crippen LogP contribution in [-0.4, -0.2) is 6.04 Å². The highest BCUT2D eigenvalue weighted by Gasteiger charge is 2.40. The Kier molecular flexibility index (Phi) is 6.76. The van der Waals surface area contributed by atoms with Crippen LogP contribution in [0.2, 0.25) is 0 Å². The molecule has 4 unspecified atom stereocenters. The number of para-hydroxylation sites is 2. The minimum absolute atomic E-state index is 0.190. The summed E-state index contributed by atoms with van der Waals surface area (Å²) in [4.78, 5) is 5.06. The molecule has 0 bridgehead atoms. The molecule has 1 aliphatic heterocycles. The van der Waals surface area contributed by atoms with Crippen molar-refractivity contribution in [3.05, 3.63) is 215 Å². The third-order valence-corrected chi connectivity index (χ3v) is 12.0. The molecule has 0 spiro atoms. The zero-order chi connectivity index (χ0) is 35.0. The van der Waals surface area contributed by atoms with E-state index in [1.807, 2.05) is 0 Å². The maximum Gasteiger partial charge on any atom is 0.0629 e. The Labute approximate surface area is 311 Å². The van der Waals surface area contributed by atoms with Gasteiger partial charge in [-0.1, -0.05) is 153 Å². The molecule has 2 heteroatoms. The lowest BCUT2D eigenvalue weighted by atomic mass is 9.75. The first-order chi connectivity index (χ1) is 26.2. The number of nitrogens with zero attached hydrogens (tertiary/aromatic N) is 2. The second kappa shape index (κ2) is 11.8. The lowest BCUT2D eigenvalue weighted by Gasteiger charge is -2.31. The third kappa shape index (κ3) is 4.52. The van der Waals surface area contributed by atoms with E-state index in [-0.39, 0.29) is 12.0 Å². The van der Waals surface area contributed by atoms with Crippen LogP contribution in [0.4, 0.5) is 28.4 Å². The van der Waals surface area contributed by atoms with Gasteiger partial charge in [-0.3, -0.25) is 0 Å². The van der Waals surface area contributed by atoms with Crippen molar-refractivity contribution in [1.29, 1.82) is 0 Å². The zero-order valence-electron chi connectivity index (χ0n) is 29.6. The van der Waals surface area contributed by atoms with E-state index < -0.39 is 0 Å². The maximum absolute atomic E-state index is 2.56. The van der Waals surface area contributed by atoms with Crippen LogP contribution in [0.25, 0.3) is 28.3 Å².